The van der Waals surface area contributed by atoms with Gasteiger partial charge in [0.05, 0.1) is 12.8 Å². The third kappa shape index (κ3) is 4.74. The molecule has 0 saturated carbocycles. The second-order valence-electron chi connectivity index (χ2n) is 1.86. The van der Waals surface area contributed by atoms with Crippen molar-refractivity contribution < 1.29 is 14.0 Å². The maximum Gasteiger partial charge on any atom is 0.328 e. The van der Waals surface area contributed by atoms with Crippen LogP contribution in [0.25, 0.3) is 0 Å². The zero-order chi connectivity index (χ0) is 8.04. The van der Waals surface area contributed by atoms with Gasteiger partial charge in [0, 0.05) is 0 Å². The van der Waals surface area contributed by atoms with E-state index in [4.69, 9.17) is 4.89 Å². The van der Waals surface area contributed by atoms with Crippen LogP contribution in [0.4, 0.5) is 0 Å². The molecule has 0 aliphatic carbocycles. The molecule has 0 saturated heterocycles. The Balaban J connectivity index is 3.63. The molecule has 0 aliphatic rings. The Morgan fingerprint density at radius 2 is 2.40 bits per heavy atom. The second kappa shape index (κ2) is 4.67. The normalized spacial score (nSPS) is 16.2. The molecule has 0 bridgehead atoms. The molecule has 1 N–H and O–H groups in total. The number of hydrogen-bond acceptors (Lipinski definition) is 2. The first-order valence-electron chi connectivity index (χ1n) is 3.19. The van der Waals surface area contributed by atoms with E-state index < -0.39 is 7.60 Å². The first-order chi connectivity index (χ1) is 4.62. The minimum Gasteiger partial charge on any atom is -0.324 e. The van der Waals surface area contributed by atoms with Crippen molar-refractivity contribution in [3.8, 4) is 0 Å². The molecule has 0 aliphatic heterocycles. The van der Waals surface area contributed by atoms with Gasteiger partial charge in [-0.25, -0.2) is 0 Å². The summed E-state index contributed by atoms with van der Waals surface area (Å²) >= 11 is 0. The van der Waals surface area contributed by atoms with Crippen LogP contribution in [-0.2, 0) is 9.09 Å². The van der Waals surface area contributed by atoms with Crippen molar-refractivity contribution in [2.75, 3.05) is 12.8 Å². The van der Waals surface area contributed by atoms with Gasteiger partial charge >= 0.3 is 7.60 Å². The number of rotatable bonds is 5. The van der Waals surface area contributed by atoms with Gasteiger partial charge in [-0.15, -0.1) is 6.58 Å². The van der Waals surface area contributed by atoms with Crippen molar-refractivity contribution in [1.29, 1.82) is 0 Å². The average molecular weight is 164 g/mol. The molecule has 0 radical (unpaired) electrons. The summed E-state index contributed by atoms with van der Waals surface area (Å²) in [5, 5.41) is 0. The van der Waals surface area contributed by atoms with E-state index in [9.17, 15) is 4.57 Å². The average Bonchev–Trinajstić information content (AvgIpc) is 1.84. The lowest BCUT2D eigenvalue weighted by atomic mass is 10.5. The van der Waals surface area contributed by atoms with E-state index in [2.05, 4.69) is 11.1 Å². The number of hydrogen-bond donors (Lipinski definition) is 1. The largest absolute Gasteiger partial charge is 0.328 e. The van der Waals surface area contributed by atoms with Crippen LogP contribution in [0.1, 0.15) is 13.3 Å². The molecule has 0 aromatic rings. The van der Waals surface area contributed by atoms with E-state index in [0.29, 0.717) is 6.42 Å². The Morgan fingerprint density at radius 3 is 2.80 bits per heavy atom. The predicted octanol–water partition coefficient (Wildman–Crippen LogP) is 1.78. The molecule has 0 aromatic heterocycles. The Labute approximate surface area is 61.2 Å². The Hall–Kier alpha value is -0.110. The molecule has 0 amide bonds. The Morgan fingerprint density at radius 1 is 1.80 bits per heavy atom. The highest BCUT2D eigenvalue weighted by Gasteiger charge is 2.15. The molecule has 0 rings (SSSR count). The van der Waals surface area contributed by atoms with Gasteiger partial charge in [-0.2, -0.15) is 0 Å². The molecule has 60 valence electrons. The Kier molecular flexibility index (Phi) is 4.62. The summed E-state index contributed by atoms with van der Waals surface area (Å²) in [5.41, 5.74) is 0. The van der Waals surface area contributed by atoms with Gasteiger partial charge in [-0.05, 0) is 13.3 Å². The second-order valence-corrected chi connectivity index (χ2v) is 3.84. The summed E-state index contributed by atoms with van der Waals surface area (Å²) in [5.74, 6) is 0. The zero-order valence-electron chi connectivity index (χ0n) is 6.12. The molecule has 0 spiro atoms. The highest BCUT2D eigenvalue weighted by Crippen LogP contribution is 2.41. The monoisotopic (exact) mass is 164 g/mol. The molecule has 1 unspecified atom stereocenters. The quantitative estimate of drug-likeness (QED) is 0.497. The summed E-state index contributed by atoms with van der Waals surface area (Å²) < 4.78 is 15.5. The van der Waals surface area contributed by atoms with Crippen molar-refractivity contribution >= 4 is 7.60 Å². The number of allylic oxidation sites excluding steroid dienone is 1. The van der Waals surface area contributed by atoms with E-state index in [1.54, 1.807) is 13.0 Å². The molecule has 4 heteroatoms. The summed E-state index contributed by atoms with van der Waals surface area (Å²) in [6.45, 7) is 5.41. The summed E-state index contributed by atoms with van der Waals surface area (Å²) in [6, 6.07) is 0. The lowest BCUT2D eigenvalue weighted by molar-refractivity contribution is 0.274. The SMILES string of the molecule is C=CCCP(=O)(O)OCC. The molecule has 0 aromatic carbocycles. The van der Waals surface area contributed by atoms with Crippen LogP contribution in [-0.4, -0.2) is 17.7 Å². The van der Waals surface area contributed by atoms with Crippen LogP contribution >= 0.6 is 7.60 Å². The van der Waals surface area contributed by atoms with E-state index in [1.807, 2.05) is 0 Å². The van der Waals surface area contributed by atoms with E-state index in [-0.39, 0.29) is 12.8 Å². The van der Waals surface area contributed by atoms with Crippen molar-refractivity contribution in [2.24, 2.45) is 0 Å². The van der Waals surface area contributed by atoms with Gasteiger partial charge in [0.2, 0.25) is 0 Å². The fourth-order valence-corrected chi connectivity index (χ4v) is 1.56. The van der Waals surface area contributed by atoms with Gasteiger partial charge in [0.25, 0.3) is 0 Å². The lowest BCUT2D eigenvalue weighted by Gasteiger charge is -2.07. The van der Waals surface area contributed by atoms with Crippen LogP contribution in [0, 0.1) is 0 Å². The topological polar surface area (TPSA) is 46.5 Å². The molecule has 10 heavy (non-hydrogen) atoms. The van der Waals surface area contributed by atoms with Gasteiger partial charge in [-0.1, -0.05) is 6.08 Å². The third-order valence-corrected chi connectivity index (χ3v) is 2.43. The predicted molar refractivity (Wildman–Crippen MR) is 41.1 cm³/mol. The van der Waals surface area contributed by atoms with Crippen LogP contribution in [0.2, 0.25) is 0 Å². The van der Waals surface area contributed by atoms with E-state index in [0.717, 1.165) is 0 Å². The smallest absolute Gasteiger partial charge is 0.324 e. The fraction of sp³-hybridized carbons (Fsp3) is 0.667. The fourth-order valence-electron chi connectivity index (χ4n) is 0.521. The highest BCUT2D eigenvalue weighted by atomic mass is 31.2. The standard InChI is InChI=1S/C6H13O3P/c1-3-5-6-10(7,8)9-4-2/h3H,1,4-6H2,2H3,(H,7,8). The van der Waals surface area contributed by atoms with Crippen LogP contribution in [0.5, 0.6) is 0 Å². The molecular weight excluding hydrogens is 151 g/mol. The molecule has 1 atom stereocenters. The molecule has 3 nitrogen and oxygen atoms in total. The summed E-state index contributed by atoms with van der Waals surface area (Å²) in [4.78, 5) is 8.93. The summed E-state index contributed by atoms with van der Waals surface area (Å²) in [7, 11) is -3.28. The van der Waals surface area contributed by atoms with Crippen LogP contribution in [0.15, 0.2) is 12.7 Å². The van der Waals surface area contributed by atoms with E-state index >= 15 is 0 Å². The van der Waals surface area contributed by atoms with Gasteiger partial charge in [-0.3, -0.25) is 4.57 Å². The van der Waals surface area contributed by atoms with Gasteiger partial charge in [0.15, 0.2) is 0 Å². The highest BCUT2D eigenvalue weighted by molar-refractivity contribution is 7.52. The van der Waals surface area contributed by atoms with Crippen molar-refractivity contribution in [3.05, 3.63) is 12.7 Å². The lowest BCUT2D eigenvalue weighted by Crippen LogP contribution is -1.92. The third-order valence-electron chi connectivity index (χ3n) is 0.947. The van der Waals surface area contributed by atoms with Crippen molar-refractivity contribution in [3.63, 3.8) is 0 Å². The van der Waals surface area contributed by atoms with Crippen LogP contribution in [0.3, 0.4) is 0 Å². The molecule has 0 heterocycles. The Bertz CT molecular complexity index is 144. The maximum absolute atomic E-state index is 10.9. The summed E-state index contributed by atoms with van der Waals surface area (Å²) in [6.07, 6.45) is 2.29. The molecular formula is C6H13O3P. The van der Waals surface area contributed by atoms with Gasteiger partial charge in [0.1, 0.15) is 0 Å². The first kappa shape index (κ1) is 9.89. The van der Waals surface area contributed by atoms with Crippen molar-refractivity contribution in [1.82, 2.24) is 0 Å². The zero-order valence-corrected chi connectivity index (χ0v) is 7.01. The van der Waals surface area contributed by atoms with E-state index in [1.165, 1.54) is 0 Å². The van der Waals surface area contributed by atoms with Crippen molar-refractivity contribution in [2.45, 2.75) is 13.3 Å². The van der Waals surface area contributed by atoms with Gasteiger partial charge < -0.3 is 9.42 Å². The maximum atomic E-state index is 10.9. The minimum absolute atomic E-state index is 0.171. The van der Waals surface area contributed by atoms with Crippen LogP contribution < -0.4 is 0 Å². The minimum atomic E-state index is -3.28. The first-order valence-corrected chi connectivity index (χ1v) is 4.96. The molecule has 0 fully saturated rings.